The molecule has 1 aliphatic carbocycles. The number of anilines is 1. The molecule has 2 aliphatic rings. The fraction of sp³-hybridized carbons (Fsp3) is 0.875. The van der Waals surface area contributed by atoms with E-state index in [0.717, 1.165) is 31.2 Å². The van der Waals surface area contributed by atoms with E-state index in [1.165, 1.54) is 44.9 Å². The van der Waals surface area contributed by atoms with E-state index in [9.17, 15) is 0 Å². The standard InChI is InChI=1S/C16H29N5/c1-12-14(17)10-7-11-21(12)16-18-15(19-20-16)13-8-5-3-2-4-6-9-13/h12-14H,2-11,17H2,1H3,(H,18,19,20). The minimum absolute atomic E-state index is 0.238. The van der Waals surface area contributed by atoms with Crippen molar-refractivity contribution in [3.63, 3.8) is 0 Å². The summed E-state index contributed by atoms with van der Waals surface area (Å²) in [6.07, 6.45) is 11.5. The number of rotatable bonds is 2. The Morgan fingerprint density at radius 3 is 2.52 bits per heavy atom. The van der Waals surface area contributed by atoms with Gasteiger partial charge in [0.2, 0.25) is 5.95 Å². The summed E-state index contributed by atoms with van der Waals surface area (Å²) in [5, 5.41) is 7.70. The Labute approximate surface area is 127 Å². The molecule has 2 unspecified atom stereocenters. The van der Waals surface area contributed by atoms with Crippen LogP contribution >= 0.6 is 0 Å². The summed E-state index contributed by atoms with van der Waals surface area (Å²) in [5.74, 6) is 2.52. The number of nitrogens with two attached hydrogens (primary N) is 1. The third kappa shape index (κ3) is 3.39. The zero-order valence-electron chi connectivity index (χ0n) is 13.2. The highest BCUT2D eigenvalue weighted by molar-refractivity contribution is 5.32. The normalized spacial score (nSPS) is 29.1. The lowest BCUT2D eigenvalue weighted by molar-refractivity contribution is 0.415. The van der Waals surface area contributed by atoms with Crippen molar-refractivity contribution < 1.29 is 0 Å². The molecule has 21 heavy (non-hydrogen) atoms. The summed E-state index contributed by atoms with van der Waals surface area (Å²) < 4.78 is 0. The van der Waals surface area contributed by atoms with Crippen LogP contribution in [0.4, 0.5) is 5.95 Å². The molecule has 0 aromatic carbocycles. The lowest BCUT2D eigenvalue weighted by atomic mass is 9.91. The van der Waals surface area contributed by atoms with E-state index in [0.29, 0.717) is 12.0 Å². The number of aromatic amines is 1. The quantitative estimate of drug-likeness (QED) is 0.879. The number of piperidine rings is 1. The van der Waals surface area contributed by atoms with Crippen molar-refractivity contribution in [1.29, 1.82) is 0 Å². The van der Waals surface area contributed by atoms with E-state index in [1.54, 1.807) is 0 Å². The van der Waals surface area contributed by atoms with Crippen LogP contribution < -0.4 is 10.6 Å². The molecule has 1 saturated heterocycles. The largest absolute Gasteiger partial charge is 0.335 e. The molecule has 1 aromatic heterocycles. The Kier molecular flexibility index (Phi) is 4.78. The van der Waals surface area contributed by atoms with Gasteiger partial charge in [0.1, 0.15) is 5.82 Å². The van der Waals surface area contributed by atoms with Gasteiger partial charge in [0, 0.05) is 24.5 Å². The van der Waals surface area contributed by atoms with Gasteiger partial charge in [-0.3, -0.25) is 5.10 Å². The van der Waals surface area contributed by atoms with Crippen LogP contribution in [0.1, 0.15) is 76.5 Å². The Morgan fingerprint density at radius 2 is 1.76 bits per heavy atom. The van der Waals surface area contributed by atoms with Gasteiger partial charge in [-0.15, -0.1) is 5.10 Å². The highest BCUT2D eigenvalue weighted by Crippen LogP contribution is 2.30. The first-order valence-electron chi connectivity index (χ1n) is 8.70. The Morgan fingerprint density at radius 1 is 1.05 bits per heavy atom. The molecule has 0 spiro atoms. The predicted molar refractivity (Wildman–Crippen MR) is 85.5 cm³/mol. The molecule has 0 radical (unpaired) electrons. The third-order valence-electron chi connectivity index (χ3n) is 5.29. The second-order valence-corrected chi connectivity index (χ2v) is 6.80. The highest BCUT2D eigenvalue weighted by Gasteiger charge is 2.28. The maximum Gasteiger partial charge on any atom is 0.245 e. The van der Waals surface area contributed by atoms with E-state index < -0.39 is 0 Å². The van der Waals surface area contributed by atoms with Gasteiger partial charge in [-0.2, -0.15) is 4.98 Å². The molecule has 118 valence electrons. The van der Waals surface area contributed by atoms with Crippen molar-refractivity contribution in [3.8, 4) is 0 Å². The Hall–Kier alpha value is -1.10. The van der Waals surface area contributed by atoms with Crippen LogP contribution in [0.3, 0.4) is 0 Å². The van der Waals surface area contributed by atoms with Crippen molar-refractivity contribution in [2.45, 2.75) is 82.7 Å². The fourth-order valence-corrected chi connectivity index (χ4v) is 3.76. The van der Waals surface area contributed by atoms with Crippen molar-refractivity contribution in [1.82, 2.24) is 15.2 Å². The SMILES string of the molecule is CC1C(N)CCCN1c1n[nH]c(C2CCCCCCC2)n1. The first kappa shape index (κ1) is 14.8. The van der Waals surface area contributed by atoms with Gasteiger partial charge in [-0.1, -0.05) is 32.1 Å². The molecule has 3 rings (SSSR count). The molecule has 2 fully saturated rings. The zero-order chi connectivity index (χ0) is 14.7. The number of aromatic nitrogens is 3. The van der Waals surface area contributed by atoms with Crippen LogP contribution in [-0.2, 0) is 0 Å². The fourth-order valence-electron chi connectivity index (χ4n) is 3.76. The van der Waals surface area contributed by atoms with Crippen LogP contribution in [0.25, 0.3) is 0 Å². The van der Waals surface area contributed by atoms with Gasteiger partial charge in [0.05, 0.1) is 0 Å². The zero-order valence-corrected chi connectivity index (χ0v) is 13.2. The van der Waals surface area contributed by atoms with Crippen molar-refractivity contribution in [3.05, 3.63) is 5.82 Å². The predicted octanol–water partition coefficient (Wildman–Crippen LogP) is 2.95. The second kappa shape index (κ2) is 6.77. The molecular formula is C16H29N5. The van der Waals surface area contributed by atoms with Crippen LogP contribution in [0.2, 0.25) is 0 Å². The molecule has 5 heteroatoms. The number of nitrogens with one attached hydrogen (secondary N) is 1. The molecule has 1 saturated carbocycles. The Bertz CT molecular complexity index is 436. The smallest absolute Gasteiger partial charge is 0.245 e. The lowest BCUT2D eigenvalue weighted by Crippen LogP contribution is -2.51. The molecule has 0 amide bonds. The summed E-state index contributed by atoms with van der Waals surface area (Å²) >= 11 is 0. The van der Waals surface area contributed by atoms with Gasteiger partial charge in [0.15, 0.2) is 0 Å². The van der Waals surface area contributed by atoms with Gasteiger partial charge in [-0.25, -0.2) is 0 Å². The van der Waals surface area contributed by atoms with Gasteiger partial charge >= 0.3 is 0 Å². The van der Waals surface area contributed by atoms with Gasteiger partial charge < -0.3 is 10.6 Å². The molecule has 1 aromatic rings. The lowest BCUT2D eigenvalue weighted by Gasteiger charge is -2.36. The number of H-pyrrole nitrogens is 1. The minimum Gasteiger partial charge on any atom is -0.335 e. The highest BCUT2D eigenvalue weighted by atomic mass is 15.4. The average molecular weight is 291 g/mol. The molecule has 3 N–H and O–H groups in total. The third-order valence-corrected chi connectivity index (χ3v) is 5.29. The second-order valence-electron chi connectivity index (χ2n) is 6.80. The summed E-state index contributed by atoms with van der Waals surface area (Å²) in [7, 11) is 0. The molecule has 5 nitrogen and oxygen atoms in total. The van der Waals surface area contributed by atoms with E-state index in [-0.39, 0.29) is 6.04 Å². The molecular weight excluding hydrogens is 262 g/mol. The summed E-state index contributed by atoms with van der Waals surface area (Å²) in [5.41, 5.74) is 6.19. The summed E-state index contributed by atoms with van der Waals surface area (Å²) in [4.78, 5) is 7.09. The van der Waals surface area contributed by atoms with Crippen LogP contribution in [0.5, 0.6) is 0 Å². The van der Waals surface area contributed by atoms with Crippen LogP contribution in [0.15, 0.2) is 0 Å². The van der Waals surface area contributed by atoms with Gasteiger partial charge in [0.25, 0.3) is 0 Å². The first-order valence-corrected chi connectivity index (χ1v) is 8.70. The van der Waals surface area contributed by atoms with Crippen LogP contribution in [-0.4, -0.2) is 33.8 Å². The average Bonchev–Trinajstić information content (AvgIpc) is 2.91. The van der Waals surface area contributed by atoms with E-state index >= 15 is 0 Å². The first-order chi connectivity index (χ1) is 10.3. The minimum atomic E-state index is 0.238. The number of hydrogen-bond acceptors (Lipinski definition) is 4. The van der Waals surface area contributed by atoms with E-state index in [1.807, 2.05) is 0 Å². The summed E-state index contributed by atoms with van der Waals surface area (Å²) in [6, 6.07) is 0.571. The number of hydrogen-bond donors (Lipinski definition) is 2. The molecule has 2 heterocycles. The topological polar surface area (TPSA) is 70.8 Å². The van der Waals surface area contributed by atoms with Gasteiger partial charge in [-0.05, 0) is 32.6 Å². The van der Waals surface area contributed by atoms with E-state index in [4.69, 9.17) is 10.7 Å². The number of nitrogens with zero attached hydrogens (tertiary/aromatic N) is 3. The maximum absolute atomic E-state index is 6.19. The van der Waals surface area contributed by atoms with Crippen molar-refractivity contribution in [2.75, 3.05) is 11.4 Å². The molecule has 1 aliphatic heterocycles. The van der Waals surface area contributed by atoms with Crippen molar-refractivity contribution >= 4 is 5.95 Å². The van der Waals surface area contributed by atoms with E-state index in [2.05, 4.69) is 22.0 Å². The molecule has 2 atom stereocenters. The van der Waals surface area contributed by atoms with Crippen LogP contribution in [0, 0.1) is 0 Å². The molecule has 0 bridgehead atoms. The maximum atomic E-state index is 6.19. The summed E-state index contributed by atoms with van der Waals surface area (Å²) in [6.45, 7) is 3.21. The monoisotopic (exact) mass is 291 g/mol. The Balaban J connectivity index is 1.70. The van der Waals surface area contributed by atoms with Crippen molar-refractivity contribution in [2.24, 2.45) is 5.73 Å².